The Balaban J connectivity index is 1.33. The number of nitrogens with one attached hydrogen (secondary N) is 2. The summed E-state index contributed by atoms with van der Waals surface area (Å²) in [5.41, 5.74) is 0.957. The molecule has 0 unspecified atom stereocenters. The number of hydrogen-bond acceptors (Lipinski definition) is 3. The first-order valence-electron chi connectivity index (χ1n) is 8.72. The van der Waals surface area contributed by atoms with Gasteiger partial charge in [0.2, 0.25) is 11.8 Å². The molecule has 2 aliphatic rings. The zero-order valence-corrected chi connectivity index (χ0v) is 13.9. The lowest BCUT2D eigenvalue weighted by atomic mass is 10.2. The van der Waals surface area contributed by atoms with Crippen LogP contribution in [0.2, 0.25) is 0 Å². The minimum atomic E-state index is -0.254. The molecule has 0 spiro atoms. The van der Waals surface area contributed by atoms with Crippen LogP contribution in [0.15, 0.2) is 36.4 Å². The summed E-state index contributed by atoms with van der Waals surface area (Å²) >= 11 is 0. The second kappa shape index (κ2) is 8.11. The van der Waals surface area contributed by atoms with Gasteiger partial charge in [0.05, 0.1) is 6.54 Å². The number of rotatable bonds is 7. The summed E-state index contributed by atoms with van der Waals surface area (Å²) in [4.78, 5) is 26.1. The predicted molar refractivity (Wildman–Crippen MR) is 94.2 cm³/mol. The van der Waals surface area contributed by atoms with Crippen LogP contribution in [0.3, 0.4) is 0 Å². The fraction of sp³-hybridized carbons (Fsp3) is 0.474. The molecule has 1 aromatic rings. The van der Waals surface area contributed by atoms with Gasteiger partial charge in [-0.05, 0) is 36.8 Å². The van der Waals surface area contributed by atoms with E-state index in [0.29, 0.717) is 0 Å². The summed E-state index contributed by atoms with van der Waals surface area (Å²) in [5, 5.41) is 5.64. The molecule has 2 fully saturated rings. The zero-order valence-electron chi connectivity index (χ0n) is 13.9. The summed E-state index contributed by atoms with van der Waals surface area (Å²) in [6.45, 7) is 3.20. The van der Waals surface area contributed by atoms with Gasteiger partial charge in [0.15, 0.2) is 0 Å². The van der Waals surface area contributed by atoms with Gasteiger partial charge >= 0.3 is 0 Å². The fourth-order valence-electron chi connectivity index (χ4n) is 3.02. The number of hydrogen-bond donors (Lipinski definition) is 2. The Bertz CT molecular complexity index is 596. The number of likely N-dealkylation sites (tertiary alicyclic amines) is 1. The molecule has 1 saturated heterocycles. The Hall–Kier alpha value is -2.14. The number of carbonyl (C=O) groups excluding carboxylic acids is 2. The highest BCUT2D eigenvalue weighted by atomic mass is 16.2. The average Bonchev–Trinajstić information content (AvgIpc) is 3.30. The summed E-state index contributed by atoms with van der Waals surface area (Å²) in [5.74, 6) is 0.514. The number of nitrogens with zero attached hydrogens (tertiary/aromatic N) is 1. The van der Waals surface area contributed by atoms with Gasteiger partial charge in [0.1, 0.15) is 0 Å². The van der Waals surface area contributed by atoms with Crippen LogP contribution in [0.4, 0.5) is 0 Å². The lowest BCUT2D eigenvalue weighted by Crippen LogP contribution is -2.42. The van der Waals surface area contributed by atoms with Gasteiger partial charge in [-0.3, -0.25) is 9.59 Å². The molecule has 24 heavy (non-hydrogen) atoms. The second-order valence-electron chi connectivity index (χ2n) is 6.72. The molecule has 1 saturated carbocycles. The molecule has 5 heteroatoms. The summed E-state index contributed by atoms with van der Waals surface area (Å²) < 4.78 is 0. The van der Waals surface area contributed by atoms with Crippen LogP contribution < -0.4 is 10.6 Å². The highest BCUT2D eigenvalue weighted by Crippen LogP contribution is 2.30. The molecule has 1 aromatic carbocycles. The molecule has 2 amide bonds. The van der Waals surface area contributed by atoms with Crippen LogP contribution in [0.5, 0.6) is 0 Å². The molecular formula is C19H25N3O2. The molecule has 0 radical (unpaired) electrons. The van der Waals surface area contributed by atoms with Crippen molar-refractivity contribution in [3.63, 3.8) is 0 Å². The van der Waals surface area contributed by atoms with Gasteiger partial charge in [0.25, 0.3) is 0 Å². The first-order chi connectivity index (χ1) is 11.7. The minimum Gasteiger partial charge on any atom is -0.350 e. The molecule has 128 valence electrons. The van der Waals surface area contributed by atoms with E-state index in [1.54, 1.807) is 6.08 Å². The number of benzene rings is 1. The molecule has 1 aliphatic carbocycles. The average molecular weight is 327 g/mol. The summed E-state index contributed by atoms with van der Waals surface area (Å²) in [6, 6.07) is 9.82. The molecule has 0 aromatic heterocycles. The maximum atomic E-state index is 12.0. The SMILES string of the molecule is O=C(/C=C\c1ccccc1)NCC(=O)N[C@H]1CCN(CC2CC2)C1. The predicted octanol–water partition coefficient (Wildman–Crippen LogP) is 1.42. The van der Waals surface area contributed by atoms with Crippen molar-refractivity contribution in [2.45, 2.75) is 25.3 Å². The van der Waals surface area contributed by atoms with Crippen LogP contribution in [0.25, 0.3) is 6.08 Å². The summed E-state index contributed by atoms with van der Waals surface area (Å²) in [6.07, 6.45) is 6.90. The molecule has 2 N–H and O–H groups in total. The molecular weight excluding hydrogens is 302 g/mol. The van der Waals surface area contributed by atoms with Crippen molar-refractivity contribution in [3.05, 3.63) is 42.0 Å². The highest BCUT2D eigenvalue weighted by molar-refractivity contribution is 5.94. The maximum Gasteiger partial charge on any atom is 0.244 e. The Kier molecular flexibility index (Phi) is 5.64. The van der Waals surface area contributed by atoms with Crippen LogP contribution in [0, 0.1) is 5.92 Å². The van der Waals surface area contributed by atoms with Crippen molar-refractivity contribution in [1.29, 1.82) is 0 Å². The first kappa shape index (κ1) is 16.7. The van der Waals surface area contributed by atoms with Crippen LogP contribution >= 0.6 is 0 Å². The number of carbonyl (C=O) groups is 2. The van der Waals surface area contributed by atoms with Crippen molar-refractivity contribution in [1.82, 2.24) is 15.5 Å². The Morgan fingerprint density at radius 3 is 2.71 bits per heavy atom. The van der Waals surface area contributed by atoms with E-state index in [0.717, 1.165) is 31.0 Å². The minimum absolute atomic E-state index is 0.0249. The monoisotopic (exact) mass is 327 g/mol. The van der Waals surface area contributed by atoms with Crippen LogP contribution in [0.1, 0.15) is 24.8 Å². The fourth-order valence-corrected chi connectivity index (χ4v) is 3.02. The third kappa shape index (κ3) is 5.49. The van der Waals surface area contributed by atoms with E-state index >= 15 is 0 Å². The normalized spacial score (nSPS) is 21.1. The van der Waals surface area contributed by atoms with Gasteiger partial charge < -0.3 is 15.5 Å². The molecule has 1 atom stereocenters. The van der Waals surface area contributed by atoms with E-state index in [1.165, 1.54) is 25.5 Å². The van der Waals surface area contributed by atoms with E-state index < -0.39 is 0 Å². The summed E-state index contributed by atoms with van der Waals surface area (Å²) in [7, 11) is 0. The largest absolute Gasteiger partial charge is 0.350 e. The van der Waals surface area contributed by atoms with E-state index in [2.05, 4.69) is 15.5 Å². The highest BCUT2D eigenvalue weighted by Gasteiger charge is 2.29. The van der Waals surface area contributed by atoms with Crippen LogP contribution in [-0.4, -0.2) is 48.9 Å². The smallest absolute Gasteiger partial charge is 0.244 e. The standard InChI is InChI=1S/C19H25N3O2/c23-18(9-8-15-4-2-1-3-5-15)20-12-19(24)21-17-10-11-22(14-17)13-16-6-7-16/h1-5,8-9,16-17H,6-7,10-14H2,(H,20,23)(H,21,24)/b9-8-/t17-/m0/s1. The van der Waals surface area contributed by atoms with E-state index in [-0.39, 0.29) is 24.4 Å². The van der Waals surface area contributed by atoms with Crippen molar-refractivity contribution >= 4 is 17.9 Å². The van der Waals surface area contributed by atoms with Gasteiger partial charge in [0, 0.05) is 31.8 Å². The number of amides is 2. The molecule has 5 nitrogen and oxygen atoms in total. The zero-order chi connectivity index (χ0) is 16.8. The van der Waals surface area contributed by atoms with E-state index in [4.69, 9.17) is 0 Å². The van der Waals surface area contributed by atoms with Crippen molar-refractivity contribution in [2.75, 3.05) is 26.2 Å². The Morgan fingerprint density at radius 1 is 1.17 bits per heavy atom. The first-order valence-corrected chi connectivity index (χ1v) is 8.72. The second-order valence-corrected chi connectivity index (χ2v) is 6.72. The molecule has 1 aliphatic heterocycles. The van der Waals surface area contributed by atoms with Crippen molar-refractivity contribution in [2.24, 2.45) is 5.92 Å². The quantitative estimate of drug-likeness (QED) is 0.745. The third-order valence-corrected chi connectivity index (χ3v) is 4.50. The molecule has 3 rings (SSSR count). The van der Waals surface area contributed by atoms with Gasteiger partial charge in [-0.25, -0.2) is 0 Å². The van der Waals surface area contributed by atoms with Crippen molar-refractivity contribution < 1.29 is 9.59 Å². The van der Waals surface area contributed by atoms with Crippen molar-refractivity contribution in [3.8, 4) is 0 Å². The van der Waals surface area contributed by atoms with E-state index in [9.17, 15) is 9.59 Å². The molecule has 1 heterocycles. The topological polar surface area (TPSA) is 61.4 Å². The van der Waals surface area contributed by atoms with Gasteiger partial charge in [-0.2, -0.15) is 0 Å². The Morgan fingerprint density at radius 2 is 1.96 bits per heavy atom. The lowest BCUT2D eigenvalue weighted by molar-refractivity contribution is -0.124. The van der Waals surface area contributed by atoms with Crippen LogP contribution in [-0.2, 0) is 9.59 Å². The van der Waals surface area contributed by atoms with Gasteiger partial charge in [-0.15, -0.1) is 0 Å². The lowest BCUT2D eigenvalue weighted by Gasteiger charge is -2.16. The Labute approximate surface area is 143 Å². The van der Waals surface area contributed by atoms with Gasteiger partial charge in [-0.1, -0.05) is 30.3 Å². The van der Waals surface area contributed by atoms with E-state index in [1.807, 2.05) is 30.3 Å². The maximum absolute atomic E-state index is 12.0. The molecule has 0 bridgehead atoms. The third-order valence-electron chi connectivity index (χ3n) is 4.50.